The van der Waals surface area contributed by atoms with Crippen LogP contribution in [0.4, 0.5) is 0 Å². The Morgan fingerprint density at radius 3 is 2.75 bits per heavy atom. The second kappa shape index (κ2) is 6.66. The van der Waals surface area contributed by atoms with Crippen LogP contribution in [0, 0.1) is 6.92 Å². The van der Waals surface area contributed by atoms with Crippen molar-refractivity contribution in [1.29, 1.82) is 0 Å². The van der Waals surface area contributed by atoms with E-state index >= 15 is 0 Å². The smallest absolute Gasteiger partial charge is 0.0231 e. The number of nitrogens with zero attached hydrogens (tertiary/aromatic N) is 1. The summed E-state index contributed by atoms with van der Waals surface area (Å²) >= 11 is 0. The van der Waals surface area contributed by atoms with E-state index in [9.17, 15) is 0 Å². The highest BCUT2D eigenvalue weighted by molar-refractivity contribution is 5.21. The number of benzene rings is 1. The van der Waals surface area contributed by atoms with Gasteiger partial charge in [-0.3, -0.25) is 0 Å². The molecular weight excluding hydrogens is 196 g/mol. The van der Waals surface area contributed by atoms with E-state index in [0.717, 1.165) is 19.6 Å². The first kappa shape index (κ1) is 13.2. The quantitative estimate of drug-likeness (QED) is 0.792. The third-order valence-corrected chi connectivity index (χ3v) is 2.67. The number of nitrogens with one attached hydrogen (secondary N) is 1. The monoisotopic (exact) mass is 220 g/mol. The van der Waals surface area contributed by atoms with Gasteiger partial charge in [0.15, 0.2) is 0 Å². The summed E-state index contributed by atoms with van der Waals surface area (Å²) in [5.41, 5.74) is 2.73. The van der Waals surface area contributed by atoms with Crippen LogP contribution < -0.4 is 5.32 Å². The Morgan fingerprint density at radius 1 is 1.38 bits per heavy atom. The van der Waals surface area contributed by atoms with Crippen LogP contribution in [0.3, 0.4) is 0 Å². The van der Waals surface area contributed by atoms with Crippen molar-refractivity contribution in [3.8, 4) is 0 Å². The zero-order chi connectivity index (χ0) is 12.0. The van der Waals surface area contributed by atoms with Crippen LogP contribution in [0.1, 0.15) is 25.0 Å². The Hall–Kier alpha value is -0.860. The third-order valence-electron chi connectivity index (χ3n) is 2.67. The van der Waals surface area contributed by atoms with Crippen molar-refractivity contribution < 1.29 is 0 Å². The fourth-order valence-electron chi connectivity index (χ4n) is 2.07. The summed E-state index contributed by atoms with van der Waals surface area (Å²) in [5, 5.41) is 3.43. The van der Waals surface area contributed by atoms with Crippen molar-refractivity contribution in [3.63, 3.8) is 0 Å². The molecule has 0 saturated carbocycles. The van der Waals surface area contributed by atoms with Gasteiger partial charge in [-0.25, -0.2) is 0 Å². The lowest BCUT2D eigenvalue weighted by Crippen LogP contribution is -2.36. The van der Waals surface area contributed by atoms with Gasteiger partial charge >= 0.3 is 0 Å². The summed E-state index contributed by atoms with van der Waals surface area (Å²) in [6, 6.07) is 9.28. The molecule has 0 radical (unpaired) electrons. The normalized spacial score (nSPS) is 13.1. The van der Waals surface area contributed by atoms with Crippen molar-refractivity contribution in [3.05, 3.63) is 35.4 Å². The fraction of sp³-hybridized carbons (Fsp3) is 0.571. The number of hydrogen-bond donors (Lipinski definition) is 1. The van der Waals surface area contributed by atoms with Gasteiger partial charge in [0.05, 0.1) is 0 Å². The molecule has 0 spiro atoms. The van der Waals surface area contributed by atoms with Gasteiger partial charge in [0, 0.05) is 19.1 Å². The van der Waals surface area contributed by atoms with Gasteiger partial charge in [0.25, 0.3) is 0 Å². The molecule has 1 aromatic rings. The van der Waals surface area contributed by atoms with Gasteiger partial charge in [0.1, 0.15) is 0 Å². The molecule has 1 atom stereocenters. The predicted molar refractivity (Wildman–Crippen MR) is 70.7 cm³/mol. The molecule has 1 N–H and O–H groups in total. The fourth-order valence-corrected chi connectivity index (χ4v) is 2.07. The van der Waals surface area contributed by atoms with Crippen molar-refractivity contribution in [2.45, 2.75) is 33.4 Å². The molecule has 0 amide bonds. The third kappa shape index (κ3) is 4.77. The number of aryl methyl sites for hydroxylation is 1. The molecule has 1 rings (SSSR count). The largest absolute Gasteiger partial charge is 0.313 e. The van der Waals surface area contributed by atoms with E-state index in [1.165, 1.54) is 11.1 Å². The first-order chi connectivity index (χ1) is 7.61. The van der Waals surface area contributed by atoms with Crippen LogP contribution in [0.2, 0.25) is 0 Å². The molecule has 0 bridgehead atoms. The van der Waals surface area contributed by atoms with Crippen LogP contribution in [0.5, 0.6) is 0 Å². The molecule has 1 unspecified atom stereocenters. The summed E-state index contributed by atoms with van der Waals surface area (Å²) in [6.45, 7) is 9.68. The summed E-state index contributed by atoms with van der Waals surface area (Å²) in [6.07, 6.45) is 0. The van der Waals surface area contributed by atoms with Gasteiger partial charge in [-0.15, -0.1) is 0 Å². The second-order valence-corrected chi connectivity index (χ2v) is 4.64. The van der Waals surface area contributed by atoms with Gasteiger partial charge in [-0.05, 0) is 33.0 Å². The highest BCUT2D eigenvalue weighted by atomic mass is 15.1. The Kier molecular flexibility index (Phi) is 5.50. The Balaban J connectivity index is 2.42. The van der Waals surface area contributed by atoms with Crippen molar-refractivity contribution in [2.75, 3.05) is 20.1 Å². The minimum atomic E-state index is 0.555. The van der Waals surface area contributed by atoms with Crippen LogP contribution in [-0.4, -0.2) is 31.1 Å². The molecule has 0 fully saturated rings. The molecule has 0 heterocycles. The van der Waals surface area contributed by atoms with E-state index < -0.39 is 0 Å². The van der Waals surface area contributed by atoms with Crippen molar-refractivity contribution in [2.24, 2.45) is 0 Å². The zero-order valence-corrected chi connectivity index (χ0v) is 11.0. The molecule has 2 nitrogen and oxygen atoms in total. The summed E-state index contributed by atoms with van der Waals surface area (Å²) in [7, 11) is 2.18. The average Bonchev–Trinajstić information content (AvgIpc) is 2.17. The molecule has 0 aliphatic rings. The van der Waals surface area contributed by atoms with E-state index in [1.54, 1.807) is 0 Å². The Bertz CT molecular complexity index is 309. The van der Waals surface area contributed by atoms with Crippen LogP contribution in [0.25, 0.3) is 0 Å². The number of hydrogen-bond acceptors (Lipinski definition) is 2. The molecule has 0 aliphatic carbocycles. The lowest BCUT2D eigenvalue weighted by molar-refractivity contribution is 0.291. The van der Waals surface area contributed by atoms with E-state index in [-0.39, 0.29) is 0 Å². The van der Waals surface area contributed by atoms with Gasteiger partial charge in [0.2, 0.25) is 0 Å². The summed E-state index contributed by atoms with van der Waals surface area (Å²) in [5.74, 6) is 0. The molecule has 1 aromatic carbocycles. The zero-order valence-electron chi connectivity index (χ0n) is 11.0. The molecular formula is C14H24N2. The minimum Gasteiger partial charge on any atom is -0.313 e. The SMILES string of the molecule is CCNC(C)CN(C)Cc1cccc(C)c1. The highest BCUT2D eigenvalue weighted by Gasteiger charge is 2.05. The maximum atomic E-state index is 3.43. The van der Waals surface area contributed by atoms with Crippen LogP contribution in [-0.2, 0) is 6.54 Å². The van der Waals surface area contributed by atoms with E-state index in [1.807, 2.05) is 0 Å². The second-order valence-electron chi connectivity index (χ2n) is 4.64. The van der Waals surface area contributed by atoms with Crippen LogP contribution >= 0.6 is 0 Å². The standard InChI is InChI=1S/C14H24N2/c1-5-15-13(3)10-16(4)11-14-8-6-7-12(2)9-14/h6-9,13,15H,5,10-11H2,1-4H3. The van der Waals surface area contributed by atoms with Crippen molar-refractivity contribution >= 4 is 0 Å². The summed E-state index contributed by atoms with van der Waals surface area (Å²) < 4.78 is 0. The van der Waals surface area contributed by atoms with E-state index in [4.69, 9.17) is 0 Å². The van der Waals surface area contributed by atoms with E-state index in [2.05, 4.69) is 62.3 Å². The van der Waals surface area contributed by atoms with Crippen LogP contribution in [0.15, 0.2) is 24.3 Å². The van der Waals surface area contributed by atoms with Gasteiger partial charge < -0.3 is 10.2 Å². The predicted octanol–water partition coefficient (Wildman–Crippen LogP) is 2.42. The average molecular weight is 220 g/mol. The molecule has 0 aliphatic heterocycles. The Labute approximate surface area is 99.7 Å². The lowest BCUT2D eigenvalue weighted by atomic mass is 10.1. The first-order valence-electron chi connectivity index (χ1n) is 6.09. The number of rotatable bonds is 6. The molecule has 0 aromatic heterocycles. The lowest BCUT2D eigenvalue weighted by Gasteiger charge is -2.22. The maximum absolute atomic E-state index is 3.43. The van der Waals surface area contributed by atoms with Gasteiger partial charge in [-0.1, -0.05) is 36.8 Å². The molecule has 0 saturated heterocycles. The Morgan fingerprint density at radius 2 is 2.12 bits per heavy atom. The maximum Gasteiger partial charge on any atom is 0.0231 e. The first-order valence-corrected chi connectivity index (χ1v) is 6.09. The highest BCUT2D eigenvalue weighted by Crippen LogP contribution is 2.06. The number of likely N-dealkylation sites (N-methyl/N-ethyl adjacent to an activating group) is 2. The summed E-state index contributed by atoms with van der Waals surface area (Å²) in [4.78, 5) is 2.36. The molecule has 16 heavy (non-hydrogen) atoms. The molecule has 2 heteroatoms. The topological polar surface area (TPSA) is 15.3 Å². The van der Waals surface area contributed by atoms with Gasteiger partial charge in [-0.2, -0.15) is 0 Å². The molecule has 90 valence electrons. The van der Waals surface area contributed by atoms with E-state index in [0.29, 0.717) is 6.04 Å². The van der Waals surface area contributed by atoms with Crippen molar-refractivity contribution in [1.82, 2.24) is 10.2 Å². The minimum absolute atomic E-state index is 0.555.